The van der Waals surface area contributed by atoms with Crippen molar-refractivity contribution in [3.63, 3.8) is 0 Å². The van der Waals surface area contributed by atoms with Crippen LogP contribution in [0.3, 0.4) is 0 Å². The molecule has 0 amide bonds. The number of esters is 1. The lowest BCUT2D eigenvalue weighted by Crippen LogP contribution is -2.14. The van der Waals surface area contributed by atoms with Crippen LogP contribution in [0, 0.1) is 6.92 Å². The maximum absolute atomic E-state index is 11.6. The number of aryl methyl sites for hydroxylation is 1. The number of carbonyl (C=O) groups excluding carboxylic acids is 2. The zero-order chi connectivity index (χ0) is 14.3. The van der Waals surface area contributed by atoms with Gasteiger partial charge < -0.3 is 9.47 Å². The molecule has 0 fully saturated rings. The highest BCUT2D eigenvalue weighted by Crippen LogP contribution is 2.22. The molecule has 0 saturated carbocycles. The summed E-state index contributed by atoms with van der Waals surface area (Å²) < 4.78 is 11.1. The third kappa shape index (κ3) is 5.87. The molecule has 0 aliphatic rings. The number of ether oxygens (including phenoxy) is 2. The number of halogens is 1. The molecule has 1 rings (SSSR count). The molecular formula is C14H17BrO4. The van der Waals surface area contributed by atoms with E-state index in [1.165, 1.54) is 0 Å². The van der Waals surface area contributed by atoms with Crippen molar-refractivity contribution in [2.45, 2.75) is 26.7 Å². The van der Waals surface area contributed by atoms with Crippen molar-refractivity contribution in [2.75, 3.05) is 13.2 Å². The second-order valence-electron chi connectivity index (χ2n) is 4.04. The Hall–Kier alpha value is -1.36. The van der Waals surface area contributed by atoms with E-state index in [4.69, 9.17) is 9.47 Å². The van der Waals surface area contributed by atoms with Gasteiger partial charge in [-0.15, -0.1) is 0 Å². The quantitative estimate of drug-likeness (QED) is 0.722. The summed E-state index contributed by atoms with van der Waals surface area (Å²) in [5, 5.41) is 0. The normalized spacial score (nSPS) is 10.1. The third-order valence-corrected chi connectivity index (χ3v) is 2.95. The number of carbonyl (C=O) groups is 2. The zero-order valence-corrected chi connectivity index (χ0v) is 12.7. The van der Waals surface area contributed by atoms with Crippen LogP contribution in [-0.4, -0.2) is 25.0 Å². The molecule has 19 heavy (non-hydrogen) atoms. The number of hydrogen-bond donors (Lipinski definition) is 0. The van der Waals surface area contributed by atoms with Crippen molar-refractivity contribution in [2.24, 2.45) is 0 Å². The predicted molar refractivity (Wildman–Crippen MR) is 75.2 cm³/mol. The van der Waals surface area contributed by atoms with E-state index in [1.54, 1.807) is 6.92 Å². The van der Waals surface area contributed by atoms with Crippen LogP contribution in [-0.2, 0) is 14.3 Å². The van der Waals surface area contributed by atoms with Gasteiger partial charge in [0.2, 0.25) is 0 Å². The largest absolute Gasteiger partial charge is 0.486 e. The van der Waals surface area contributed by atoms with Gasteiger partial charge in [-0.05, 0) is 31.5 Å². The standard InChI is InChI=1S/C14H17BrO4/c1-3-18-14(17)7-6-12(16)9-19-13-8-11(15)5-4-10(13)2/h4-5,8H,3,6-7,9H2,1-2H3. The highest BCUT2D eigenvalue weighted by molar-refractivity contribution is 9.10. The second-order valence-corrected chi connectivity index (χ2v) is 4.96. The molecule has 104 valence electrons. The lowest BCUT2D eigenvalue weighted by atomic mass is 10.2. The Labute approximate surface area is 121 Å². The zero-order valence-electron chi connectivity index (χ0n) is 11.1. The first-order chi connectivity index (χ1) is 9.02. The van der Waals surface area contributed by atoms with E-state index in [0.29, 0.717) is 12.4 Å². The highest BCUT2D eigenvalue weighted by atomic mass is 79.9. The van der Waals surface area contributed by atoms with Gasteiger partial charge in [-0.3, -0.25) is 9.59 Å². The smallest absolute Gasteiger partial charge is 0.306 e. The van der Waals surface area contributed by atoms with E-state index < -0.39 is 0 Å². The van der Waals surface area contributed by atoms with Gasteiger partial charge in [0.1, 0.15) is 12.4 Å². The van der Waals surface area contributed by atoms with Gasteiger partial charge in [0.25, 0.3) is 0 Å². The highest BCUT2D eigenvalue weighted by Gasteiger charge is 2.09. The summed E-state index contributed by atoms with van der Waals surface area (Å²) in [6.45, 7) is 3.95. The maximum atomic E-state index is 11.6. The van der Waals surface area contributed by atoms with E-state index in [0.717, 1.165) is 10.0 Å². The fourth-order valence-corrected chi connectivity index (χ4v) is 1.77. The molecule has 1 aromatic rings. The van der Waals surface area contributed by atoms with Crippen molar-refractivity contribution < 1.29 is 19.1 Å². The lowest BCUT2D eigenvalue weighted by Gasteiger charge is -2.08. The van der Waals surface area contributed by atoms with Gasteiger partial charge in [-0.1, -0.05) is 22.0 Å². The average molecular weight is 329 g/mol. The van der Waals surface area contributed by atoms with Crippen LogP contribution >= 0.6 is 15.9 Å². The third-order valence-electron chi connectivity index (χ3n) is 2.45. The van der Waals surface area contributed by atoms with Crippen molar-refractivity contribution in [1.29, 1.82) is 0 Å². The maximum Gasteiger partial charge on any atom is 0.306 e. The van der Waals surface area contributed by atoms with E-state index in [1.807, 2.05) is 25.1 Å². The van der Waals surface area contributed by atoms with Crippen molar-refractivity contribution in [3.8, 4) is 5.75 Å². The second kappa shape index (κ2) is 7.94. The van der Waals surface area contributed by atoms with Gasteiger partial charge in [-0.2, -0.15) is 0 Å². The summed E-state index contributed by atoms with van der Waals surface area (Å²) in [4.78, 5) is 22.7. The Bertz CT molecular complexity index is 457. The van der Waals surface area contributed by atoms with Gasteiger partial charge >= 0.3 is 5.97 Å². The van der Waals surface area contributed by atoms with Crippen molar-refractivity contribution >= 4 is 27.7 Å². The van der Waals surface area contributed by atoms with Gasteiger partial charge in [0.15, 0.2) is 5.78 Å². The van der Waals surface area contributed by atoms with Crippen LogP contribution in [0.4, 0.5) is 0 Å². The molecule has 0 aliphatic carbocycles. The molecule has 0 aromatic heterocycles. The van der Waals surface area contributed by atoms with E-state index >= 15 is 0 Å². The molecule has 5 heteroatoms. The van der Waals surface area contributed by atoms with Crippen LogP contribution in [0.15, 0.2) is 22.7 Å². The molecule has 0 radical (unpaired) electrons. The number of rotatable bonds is 7. The summed E-state index contributed by atoms with van der Waals surface area (Å²) >= 11 is 3.34. The van der Waals surface area contributed by atoms with Crippen molar-refractivity contribution in [1.82, 2.24) is 0 Å². The first-order valence-corrected chi connectivity index (χ1v) is 6.88. The first-order valence-electron chi connectivity index (χ1n) is 6.09. The Morgan fingerprint density at radius 2 is 2.00 bits per heavy atom. The summed E-state index contributed by atoms with van der Waals surface area (Å²) in [5.41, 5.74) is 0.960. The molecule has 0 N–H and O–H groups in total. The molecule has 0 atom stereocenters. The minimum Gasteiger partial charge on any atom is -0.486 e. The fraction of sp³-hybridized carbons (Fsp3) is 0.429. The average Bonchev–Trinajstić information content (AvgIpc) is 2.38. The van der Waals surface area contributed by atoms with Crippen LogP contribution in [0.2, 0.25) is 0 Å². The van der Waals surface area contributed by atoms with Gasteiger partial charge in [0, 0.05) is 10.9 Å². The SMILES string of the molecule is CCOC(=O)CCC(=O)COc1cc(Br)ccc1C. The Kier molecular flexibility index (Phi) is 6.56. The number of benzene rings is 1. The molecule has 1 aromatic carbocycles. The molecule has 0 heterocycles. The molecule has 0 spiro atoms. The topological polar surface area (TPSA) is 52.6 Å². The Morgan fingerprint density at radius 1 is 1.26 bits per heavy atom. The predicted octanol–water partition coefficient (Wildman–Crippen LogP) is 3.05. The first kappa shape index (κ1) is 15.7. The lowest BCUT2D eigenvalue weighted by molar-refractivity contribution is -0.144. The van der Waals surface area contributed by atoms with Crippen LogP contribution in [0.5, 0.6) is 5.75 Å². The fourth-order valence-electron chi connectivity index (χ4n) is 1.43. The minimum absolute atomic E-state index is 0.0311. The van der Waals surface area contributed by atoms with Crippen molar-refractivity contribution in [3.05, 3.63) is 28.2 Å². The minimum atomic E-state index is -0.352. The Balaban J connectivity index is 2.38. The van der Waals surface area contributed by atoms with Gasteiger partial charge in [-0.25, -0.2) is 0 Å². The summed E-state index contributed by atoms with van der Waals surface area (Å²) in [7, 11) is 0. The number of hydrogen-bond acceptors (Lipinski definition) is 4. The molecule has 0 aliphatic heterocycles. The molecular weight excluding hydrogens is 312 g/mol. The van der Waals surface area contributed by atoms with Crippen LogP contribution in [0.25, 0.3) is 0 Å². The summed E-state index contributed by atoms with van der Waals surface area (Å²) in [6, 6.07) is 5.63. The molecule has 4 nitrogen and oxygen atoms in total. The summed E-state index contributed by atoms with van der Waals surface area (Å²) in [6.07, 6.45) is 0.249. The molecule has 0 bridgehead atoms. The van der Waals surface area contributed by atoms with E-state index in [-0.39, 0.29) is 31.2 Å². The van der Waals surface area contributed by atoms with Crippen LogP contribution < -0.4 is 4.74 Å². The summed E-state index contributed by atoms with van der Waals surface area (Å²) in [5.74, 6) is 0.195. The number of ketones is 1. The monoisotopic (exact) mass is 328 g/mol. The Morgan fingerprint density at radius 3 is 2.68 bits per heavy atom. The molecule has 0 saturated heterocycles. The molecule has 0 unspecified atom stereocenters. The van der Waals surface area contributed by atoms with E-state index in [2.05, 4.69) is 15.9 Å². The van der Waals surface area contributed by atoms with E-state index in [9.17, 15) is 9.59 Å². The van der Waals surface area contributed by atoms with Gasteiger partial charge in [0.05, 0.1) is 13.0 Å². The number of Topliss-reactive ketones (excluding diaryl/α,β-unsaturated/α-hetero) is 1. The van der Waals surface area contributed by atoms with Crippen LogP contribution in [0.1, 0.15) is 25.3 Å².